The largest absolute Gasteiger partial charge is 0.497 e. The van der Waals surface area contributed by atoms with Crippen molar-refractivity contribution in [1.82, 2.24) is 15.2 Å². The lowest BCUT2D eigenvalue weighted by Crippen LogP contribution is -2.52. The fourth-order valence-corrected chi connectivity index (χ4v) is 3.16. The van der Waals surface area contributed by atoms with Gasteiger partial charge in [0.2, 0.25) is 0 Å². The van der Waals surface area contributed by atoms with Crippen LogP contribution < -0.4 is 15.0 Å². The van der Waals surface area contributed by atoms with E-state index in [9.17, 15) is 0 Å². The number of aliphatic imine (C=N–C) groups is 1. The molecule has 1 saturated heterocycles. The average Bonchev–Trinajstić information content (AvgIpc) is 2.72. The maximum atomic E-state index is 5.33. The van der Waals surface area contributed by atoms with E-state index in [1.807, 2.05) is 37.5 Å². The Bertz CT molecular complexity index is 717. The summed E-state index contributed by atoms with van der Waals surface area (Å²) in [6.45, 7) is 4.66. The maximum absolute atomic E-state index is 5.33. The highest BCUT2D eigenvalue weighted by molar-refractivity contribution is 14.0. The smallest absolute Gasteiger partial charge is 0.193 e. The van der Waals surface area contributed by atoms with Crippen LogP contribution in [0.4, 0.5) is 5.69 Å². The maximum Gasteiger partial charge on any atom is 0.193 e. The molecule has 0 spiro atoms. The van der Waals surface area contributed by atoms with Crippen molar-refractivity contribution in [3.8, 4) is 5.75 Å². The summed E-state index contributed by atoms with van der Waals surface area (Å²) >= 11 is 0. The number of nitrogens with zero attached hydrogens (tertiary/aromatic N) is 4. The van der Waals surface area contributed by atoms with Gasteiger partial charge in [0.15, 0.2) is 5.96 Å². The van der Waals surface area contributed by atoms with Gasteiger partial charge in [0.25, 0.3) is 0 Å². The first-order valence-corrected chi connectivity index (χ1v) is 9.04. The Morgan fingerprint density at radius 3 is 2.63 bits per heavy atom. The average molecular weight is 481 g/mol. The number of aromatic nitrogens is 1. The predicted octanol–water partition coefficient (Wildman–Crippen LogP) is 2.65. The van der Waals surface area contributed by atoms with Gasteiger partial charge in [0.05, 0.1) is 7.11 Å². The molecule has 0 saturated carbocycles. The molecule has 0 aliphatic carbocycles. The van der Waals surface area contributed by atoms with Crippen molar-refractivity contribution in [2.45, 2.75) is 6.42 Å². The molecule has 3 rings (SSSR count). The van der Waals surface area contributed by atoms with Crippen molar-refractivity contribution in [2.24, 2.45) is 4.99 Å². The number of methoxy groups -OCH3 is 1. The predicted molar refractivity (Wildman–Crippen MR) is 121 cm³/mol. The van der Waals surface area contributed by atoms with Gasteiger partial charge in [-0.05, 0) is 24.3 Å². The fraction of sp³-hybridized carbons (Fsp3) is 0.400. The first kappa shape index (κ1) is 21.3. The molecule has 146 valence electrons. The molecule has 0 bridgehead atoms. The van der Waals surface area contributed by atoms with Crippen LogP contribution in [-0.2, 0) is 6.42 Å². The molecule has 2 heterocycles. The SMILES string of the molecule is CN=C(NCCc1ccccn1)N1CCN(c2cccc(OC)c2)CC1.I. The highest BCUT2D eigenvalue weighted by atomic mass is 127. The minimum Gasteiger partial charge on any atom is -0.497 e. The lowest BCUT2D eigenvalue weighted by atomic mass is 10.2. The van der Waals surface area contributed by atoms with E-state index < -0.39 is 0 Å². The van der Waals surface area contributed by atoms with Crippen LogP contribution in [0.3, 0.4) is 0 Å². The number of piperazine rings is 1. The molecule has 0 atom stereocenters. The second-order valence-electron chi connectivity index (χ2n) is 6.22. The number of hydrogen-bond donors (Lipinski definition) is 1. The van der Waals surface area contributed by atoms with Gasteiger partial charge < -0.3 is 19.9 Å². The van der Waals surface area contributed by atoms with Gasteiger partial charge in [0.1, 0.15) is 5.75 Å². The van der Waals surface area contributed by atoms with Gasteiger partial charge in [-0.1, -0.05) is 12.1 Å². The number of halogens is 1. The quantitative estimate of drug-likeness (QED) is 0.405. The van der Waals surface area contributed by atoms with E-state index in [4.69, 9.17) is 4.74 Å². The number of benzene rings is 1. The van der Waals surface area contributed by atoms with Crippen LogP contribution >= 0.6 is 24.0 Å². The van der Waals surface area contributed by atoms with E-state index in [0.29, 0.717) is 0 Å². The first-order valence-electron chi connectivity index (χ1n) is 9.04. The third-order valence-corrected chi connectivity index (χ3v) is 4.60. The Morgan fingerprint density at radius 1 is 1.15 bits per heavy atom. The van der Waals surface area contributed by atoms with E-state index in [0.717, 1.165) is 56.5 Å². The molecule has 2 aromatic rings. The molecule has 7 heteroatoms. The topological polar surface area (TPSA) is 53.0 Å². The summed E-state index contributed by atoms with van der Waals surface area (Å²) in [7, 11) is 3.55. The lowest BCUT2D eigenvalue weighted by Gasteiger charge is -2.37. The second-order valence-corrected chi connectivity index (χ2v) is 6.22. The van der Waals surface area contributed by atoms with E-state index in [2.05, 4.69) is 43.3 Å². The Morgan fingerprint density at radius 2 is 1.96 bits per heavy atom. The number of rotatable bonds is 5. The van der Waals surface area contributed by atoms with Crippen molar-refractivity contribution < 1.29 is 4.74 Å². The third kappa shape index (κ3) is 5.98. The first-order chi connectivity index (χ1) is 12.8. The summed E-state index contributed by atoms with van der Waals surface area (Å²) in [6, 6.07) is 14.3. The van der Waals surface area contributed by atoms with E-state index in [-0.39, 0.29) is 24.0 Å². The molecule has 1 aromatic carbocycles. The second kappa shape index (κ2) is 11.0. The summed E-state index contributed by atoms with van der Waals surface area (Å²) in [4.78, 5) is 13.5. The number of guanidine groups is 1. The van der Waals surface area contributed by atoms with Crippen LogP contribution in [0.5, 0.6) is 5.75 Å². The summed E-state index contributed by atoms with van der Waals surface area (Å²) in [5, 5.41) is 3.46. The van der Waals surface area contributed by atoms with E-state index in [1.54, 1.807) is 7.11 Å². The normalized spacial score (nSPS) is 14.5. The molecule has 0 amide bonds. The summed E-state index contributed by atoms with van der Waals surface area (Å²) in [5.41, 5.74) is 2.31. The van der Waals surface area contributed by atoms with Crippen LogP contribution in [0.2, 0.25) is 0 Å². The summed E-state index contributed by atoms with van der Waals surface area (Å²) in [5.74, 6) is 1.86. The number of hydrogen-bond acceptors (Lipinski definition) is 4. The summed E-state index contributed by atoms with van der Waals surface area (Å²) in [6.07, 6.45) is 2.73. The van der Waals surface area contributed by atoms with Crippen molar-refractivity contribution in [3.05, 3.63) is 54.4 Å². The van der Waals surface area contributed by atoms with Crippen molar-refractivity contribution in [3.63, 3.8) is 0 Å². The van der Waals surface area contributed by atoms with Crippen molar-refractivity contribution >= 4 is 35.6 Å². The van der Waals surface area contributed by atoms with Gasteiger partial charge in [-0.3, -0.25) is 9.98 Å². The Labute approximate surface area is 178 Å². The standard InChI is InChI=1S/C20H27N5O.HI/c1-21-20(23-11-9-17-6-3-4-10-22-17)25-14-12-24(13-15-25)18-7-5-8-19(16-18)26-2;/h3-8,10,16H,9,11-15H2,1-2H3,(H,21,23);1H. The van der Waals surface area contributed by atoms with Gasteiger partial charge in [0, 0.05) is 69.8 Å². The van der Waals surface area contributed by atoms with Crippen LogP contribution in [-0.4, -0.2) is 62.7 Å². The number of anilines is 1. The summed E-state index contributed by atoms with van der Waals surface area (Å²) < 4.78 is 5.33. The van der Waals surface area contributed by atoms with Gasteiger partial charge in [-0.15, -0.1) is 24.0 Å². The van der Waals surface area contributed by atoms with E-state index in [1.165, 1.54) is 5.69 Å². The van der Waals surface area contributed by atoms with E-state index >= 15 is 0 Å². The van der Waals surface area contributed by atoms with Crippen molar-refractivity contribution in [2.75, 3.05) is 51.8 Å². The van der Waals surface area contributed by atoms with Gasteiger partial charge in [-0.2, -0.15) is 0 Å². The molecule has 1 fully saturated rings. The van der Waals surface area contributed by atoms with Crippen LogP contribution in [0.1, 0.15) is 5.69 Å². The molecule has 6 nitrogen and oxygen atoms in total. The molecule has 1 N–H and O–H groups in total. The highest BCUT2D eigenvalue weighted by Crippen LogP contribution is 2.22. The van der Waals surface area contributed by atoms with Crippen LogP contribution in [0.15, 0.2) is 53.7 Å². The van der Waals surface area contributed by atoms with Gasteiger partial charge >= 0.3 is 0 Å². The molecule has 0 unspecified atom stereocenters. The Balaban J connectivity index is 0.00000261. The van der Waals surface area contributed by atoms with Crippen molar-refractivity contribution in [1.29, 1.82) is 0 Å². The zero-order valence-corrected chi connectivity index (χ0v) is 18.3. The van der Waals surface area contributed by atoms with Crippen LogP contribution in [0.25, 0.3) is 0 Å². The zero-order chi connectivity index (χ0) is 18.2. The van der Waals surface area contributed by atoms with Crippen LogP contribution in [0, 0.1) is 0 Å². The third-order valence-electron chi connectivity index (χ3n) is 4.60. The Kier molecular flexibility index (Phi) is 8.63. The number of nitrogens with one attached hydrogen (secondary N) is 1. The minimum absolute atomic E-state index is 0. The minimum atomic E-state index is 0. The molecular formula is C20H28IN5O. The fourth-order valence-electron chi connectivity index (χ4n) is 3.16. The highest BCUT2D eigenvalue weighted by Gasteiger charge is 2.20. The molecule has 1 aliphatic rings. The zero-order valence-electron chi connectivity index (χ0n) is 16.0. The molecular weight excluding hydrogens is 453 g/mol. The lowest BCUT2D eigenvalue weighted by molar-refractivity contribution is 0.372. The molecule has 1 aromatic heterocycles. The Hall–Kier alpha value is -2.03. The van der Waals surface area contributed by atoms with Gasteiger partial charge in [-0.25, -0.2) is 0 Å². The monoisotopic (exact) mass is 481 g/mol. The molecule has 0 radical (unpaired) electrons. The molecule has 1 aliphatic heterocycles. The molecule has 27 heavy (non-hydrogen) atoms. The number of ether oxygens (including phenoxy) is 1. The number of pyridine rings is 1.